The van der Waals surface area contributed by atoms with Gasteiger partial charge in [0, 0.05) is 65.5 Å². The van der Waals surface area contributed by atoms with E-state index >= 15 is 0 Å². The van der Waals surface area contributed by atoms with E-state index in [-0.39, 0.29) is 112 Å². The van der Waals surface area contributed by atoms with Gasteiger partial charge in [-0.05, 0) is 123 Å². The number of rotatable bonds is 10. The summed E-state index contributed by atoms with van der Waals surface area (Å²) in [4.78, 5) is 3.06. The van der Waals surface area contributed by atoms with Gasteiger partial charge in [-0.1, -0.05) is 214 Å². The van der Waals surface area contributed by atoms with E-state index in [1.165, 1.54) is 21.9 Å². The Bertz CT molecular complexity index is 4940. The minimum absolute atomic E-state index is 0.0147. The Hall–Kier alpha value is -8.80. The molecular formula is C70H50Cl2N2O2. The number of fused-ring (bicyclic) bond motifs is 6. The summed E-state index contributed by atoms with van der Waals surface area (Å²) < 4.78 is 165. The van der Waals surface area contributed by atoms with Crippen LogP contribution in [0.2, 0.25) is 10.0 Å². The van der Waals surface area contributed by atoms with Gasteiger partial charge in [0.25, 0.3) is 0 Å². The third kappa shape index (κ3) is 8.37. The predicted octanol–water partition coefficient (Wildman–Crippen LogP) is 21.7. The maximum atomic E-state index is 10.7. The highest BCUT2D eigenvalue weighted by atomic mass is 35.5. The molecule has 0 saturated heterocycles. The molecule has 2 heterocycles. The summed E-state index contributed by atoms with van der Waals surface area (Å²) in [7, 11) is 0. The molecule has 0 atom stereocenters. The van der Waals surface area contributed by atoms with Crippen molar-refractivity contribution >= 4 is 101 Å². The maximum Gasteiger partial charge on any atom is 0.160 e. The minimum Gasteiger partial charge on any atom is -0.454 e. The molecule has 0 aliphatic carbocycles. The molecule has 0 fully saturated rings. The first-order chi connectivity index (χ1) is 43.8. The Morgan fingerprint density at radius 3 is 1.14 bits per heavy atom. The fourth-order valence-corrected chi connectivity index (χ4v) is 10.2. The molecule has 0 saturated carbocycles. The smallest absolute Gasteiger partial charge is 0.160 e. The summed E-state index contributed by atoms with van der Waals surface area (Å²) in [6.07, 6.45) is 0. The summed E-state index contributed by atoms with van der Waals surface area (Å²) >= 11 is 14.0. The van der Waals surface area contributed by atoms with Crippen LogP contribution in [0.5, 0.6) is 0 Å². The Morgan fingerprint density at radius 1 is 0.395 bits per heavy atom. The molecule has 4 nitrogen and oxygen atoms in total. The molecule has 6 heteroatoms. The SMILES string of the molecule is [2H]c1cc(N(c2cc(N(c3cc([2H])c([2H])c(Cl)c3[2H])c3c(-c4ccccc4)c([2H])c(-c4ccccc4)c4c3oc3c([2H])c([2H])c([2H])c([2H])c34)cc(C(C)(C)C)c2)c2c(-c3ccccc3)c([2H])c(-c3ccccc3)c3c2oc2c([2H])c([2H])c([2H])c([2H])c23)c([2H])c(Cl)c1[2H]. The van der Waals surface area contributed by atoms with Crippen molar-refractivity contribution in [1.82, 2.24) is 0 Å². The quantitative estimate of drug-likeness (QED) is 0.137. The van der Waals surface area contributed by atoms with E-state index < -0.39 is 100 Å². The van der Waals surface area contributed by atoms with Crippen molar-refractivity contribution in [3.63, 3.8) is 0 Å². The van der Waals surface area contributed by atoms with Gasteiger partial charge in [-0.15, -0.1) is 0 Å². The van der Waals surface area contributed by atoms with E-state index in [1.54, 1.807) is 140 Å². The number of para-hydroxylation sites is 2. The van der Waals surface area contributed by atoms with Gasteiger partial charge in [-0.3, -0.25) is 0 Å². The number of anilines is 6. The van der Waals surface area contributed by atoms with Gasteiger partial charge < -0.3 is 18.6 Å². The lowest BCUT2D eigenvalue weighted by atomic mass is 9.85. The van der Waals surface area contributed by atoms with Crippen LogP contribution < -0.4 is 9.80 Å². The Labute approximate surface area is 474 Å². The van der Waals surface area contributed by atoms with Crippen LogP contribution in [0.1, 0.15) is 48.3 Å². The molecule has 0 unspecified atom stereocenters. The van der Waals surface area contributed by atoms with Crippen LogP contribution in [0.4, 0.5) is 34.1 Å². The fraction of sp³-hybridized carbons (Fsp3) is 0.0571. The van der Waals surface area contributed by atoms with Crippen LogP contribution in [0, 0.1) is 0 Å². The van der Waals surface area contributed by atoms with Crippen LogP contribution in [0.15, 0.2) is 257 Å². The van der Waals surface area contributed by atoms with Crippen molar-refractivity contribution in [1.29, 1.82) is 0 Å². The topological polar surface area (TPSA) is 32.8 Å². The molecule has 0 radical (unpaired) electrons. The molecule has 0 spiro atoms. The van der Waals surface area contributed by atoms with E-state index in [2.05, 4.69) is 0 Å². The lowest BCUT2D eigenvalue weighted by molar-refractivity contribution is 0.590. The Kier molecular flexibility index (Phi) is 8.19. The molecule has 0 aliphatic heterocycles. The lowest BCUT2D eigenvalue weighted by Gasteiger charge is -2.34. The average molecular weight is 1040 g/mol. The molecule has 11 aromatic carbocycles. The zero-order valence-corrected chi connectivity index (χ0v) is 42.4. The monoisotopic (exact) mass is 1040 g/mol. The first-order valence-corrected chi connectivity index (χ1v) is 25.1. The first kappa shape index (κ1) is 32.5. The highest BCUT2D eigenvalue weighted by molar-refractivity contribution is 6.31. The number of nitrogens with zero attached hydrogens (tertiary/aromatic N) is 2. The van der Waals surface area contributed by atoms with Crippen LogP contribution in [-0.4, -0.2) is 0 Å². The van der Waals surface area contributed by atoms with Crippen LogP contribution in [-0.2, 0) is 5.41 Å². The molecular weight excluding hydrogens is 972 g/mol. The van der Waals surface area contributed by atoms with Gasteiger partial charge in [0.05, 0.1) is 33.3 Å². The molecule has 0 aliphatic rings. The molecule has 0 amide bonds. The molecule has 0 bridgehead atoms. The van der Waals surface area contributed by atoms with Crippen LogP contribution in [0.25, 0.3) is 88.4 Å². The number of halogens is 2. The average Bonchev–Trinajstić information content (AvgIpc) is 1.44. The Balaban J connectivity index is 1.29. The molecule has 13 rings (SSSR count). The van der Waals surface area contributed by atoms with E-state index in [9.17, 15) is 13.7 Å². The first-order valence-electron chi connectivity index (χ1n) is 32.3. The minimum atomic E-state index is -0.879. The largest absolute Gasteiger partial charge is 0.454 e. The van der Waals surface area contributed by atoms with Crippen molar-refractivity contribution in [2.24, 2.45) is 0 Å². The van der Waals surface area contributed by atoms with Gasteiger partial charge in [0.2, 0.25) is 0 Å². The summed E-state index contributed by atoms with van der Waals surface area (Å²) in [5.41, 5.74) is 1.44. The second-order valence-corrected chi connectivity index (χ2v) is 19.8. The summed E-state index contributed by atoms with van der Waals surface area (Å²) in [6.45, 7) is 5.78. The molecule has 366 valence electrons. The van der Waals surface area contributed by atoms with Crippen molar-refractivity contribution in [3.05, 3.63) is 264 Å². The van der Waals surface area contributed by atoms with Crippen LogP contribution >= 0.6 is 23.2 Å². The number of furan rings is 2. The zero-order valence-electron chi connectivity index (χ0n) is 56.9. The highest BCUT2D eigenvalue weighted by Gasteiger charge is 2.32. The van der Waals surface area contributed by atoms with E-state index in [1.807, 2.05) is 20.8 Å². The second-order valence-electron chi connectivity index (χ2n) is 19.1. The van der Waals surface area contributed by atoms with Crippen molar-refractivity contribution in [2.45, 2.75) is 26.2 Å². The van der Waals surface area contributed by atoms with Gasteiger partial charge in [0.1, 0.15) is 11.2 Å². The molecule has 76 heavy (non-hydrogen) atoms. The molecule has 0 N–H and O–H groups in total. The zero-order chi connectivity index (χ0) is 65.4. The molecule has 2 aromatic heterocycles. The Morgan fingerprint density at radius 2 is 0.763 bits per heavy atom. The number of hydrogen-bond acceptors (Lipinski definition) is 4. The van der Waals surface area contributed by atoms with Gasteiger partial charge in [-0.25, -0.2) is 0 Å². The second kappa shape index (κ2) is 19.2. The summed E-state index contributed by atoms with van der Waals surface area (Å²) in [5.74, 6) is 0. The lowest BCUT2D eigenvalue weighted by Crippen LogP contribution is -2.18. The molecule has 13 aromatic rings. The third-order valence-electron chi connectivity index (χ3n) is 13.3. The van der Waals surface area contributed by atoms with E-state index in [0.717, 1.165) is 0 Å². The van der Waals surface area contributed by atoms with E-state index in [4.69, 9.17) is 40.3 Å². The van der Waals surface area contributed by atoms with Crippen molar-refractivity contribution in [2.75, 3.05) is 9.80 Å². The van der Waals surface area contributed by atoms with E-state index in [0.29, 0.717) is 27.8 Å². The maximum absolute atomic E-state index is 10.7. The normalized spacial score (nSPS) is 14.7. The van der Waals surface area contributed by atoms with Crippen molar-refractivity contribution in [3.8, 4) is 44.5 Å². The predicted molar refractivity (Wildman–Crippen MR) is 321 cm³/mol. The van der Waals surface area contributed by atoms with Crippen molar-refractivity contribution < 1.29 is 30.8 Å². The fourth-order valence-electron chi connectivity index (χ4n) is 9.87. The standard InChI is InChI=1S/C70H50Cl2N2O2/c1-70(2,3)49-38-54(73(52-32-20-30-50(71)40-52)66-60(47-26-12-6-13-27-47)43-58(45-22-8-4-9-23-45)64-56-34-16-18-36-62(56)75-68(64)66)42-55(39-49)74(53-33-21-31-51(72)41-53)67-61(48-28-14-7-15-29-48)44-59(46-24-10-5-11-25-46)65-57-35-17-19-37-63(57)76-69(65)67/h4-44H,1-3H3/i16D,17D,18D,19D,20D,21D,30D,31D,34D,35D,36D,37D,40D,41D,43D,44D. The number of hydrogen-bond donors (Lipinski definition) is 0. The van der Waals surface area contributed by atoms with Gasteiger partial charge in [0.15, 0.2) is 11.2 Å². The summed E-state index contributed by atoms with van der Waals surface area (Å²) in [6, 6.07) is 35.8. The number of benzene rings is 11. The van der Waals surface area contributed by atoms with Crippen LogP contribution in [0.3, 0.4) is 0 Å². The summed E-state index contributed by atoms with van der Waals surface area (Å²) in [5, 5.41) is -0.773. The third-order valence-corrected chi connectivity index (χ3v) is 13.7. The van der Waals surface area contributed by atoms with Gasteiger partial charge in [-0.2, -0.15) is 0 Å². The van der Waals surface area contributed by atoms with Gasteiger partial charge >= 0.3 is 0 Å². The highest BCUT2D eigenvalue weighted by Crippen LogP contribution is 2.55.